The van der Waals surface area contributed by atoms with Crippen molar-refractivity contribution in [1.82, 2.24) is 4.90 Å². The molecule has 13 heavy (non-hydrogen) atoms. The Bertz CT molecular complexity index is 167. The molecule has 1 unspecified atom stereocenters. The molecule has 0 aromatic rings. The Labute approximate surface area is 81.3 Å². The van der Waals surface area contributed by atoms with Crippen LogP contribution in [0.25, 0.3) is 0 Å². The molecule has 1 rings (SSSR count). The summed E-state index contributed by atoms with van der Waals surface area (Å²) >= 11 is 0. The molecule has 1 saturated heterocycles. The molecule has 0 aliphatic carbocycles. The molecule has 0 N–H and O–H groups in total. The molecule has 76 valence electrons. The van der Waals surface area contributed by atoms with Gasteiger partial charge in [0.05, 0.1) is 0 Å². The summed E-state index contributed by atoms with van der Waals surface area (Å²) in [6, 6.07) is 0. The summed E-state index contributed by atoms with van der Waals surface area (Å²) in [5.41, 5.74) is 0. The summed E-state index contributed by atoms with van der Waals surface area (Å²) in [5.74, 6) is 0.766. The van der Waals surface area contributed by atoms with Gasteiger partial charge in [-0.25, -0.2) is 0 Å². The zero-order chi connectivity index (χ0) is 9.68. The zero-order valence-electron chi connectivity index (χ0n) is 8.88. The van der Waals surface area contributed by atoms with Crippen molar-refractivity contribution < 1.29 is 4.79 Å². The summed E-state index contributed by atoms with van der Waals surface area (Å²) < 4.78 is 0. The van der Waals surface area contributed by atoms with Crippen molar-refractivity contribution in [3.8, 4) is 0 Å². The van der Waals surface area contributed by atoms with E-state index < -0.39 is 0 Å². The van der Waals surface area contributed by atoms with Crippen LogP contribution in [0.3, 0.4) is 0 Å². The Kier molecular flexibility index (Phi) is 4.26. The fourth-order valence-electron chi connectivity index (χ4n) is 2.01. The summed E-state index contributed by atoms with van der Waals surface area (Å²) in [6.45, 7) is 6.28. The fourth-order valence-corrected chi connectivity index (χ4v) is 2.01. The van der Waals surface area contributed by atoms with Gasteiger partial charge in [0, 0.05) is 19.0 Å². The Hall–Kier alpha value is -0.530. The lowest BCUT2D eigenvalue weighted by Crippen LogP contribution is -2.27. The van der Waals surface area contributed by atoms with E-state index in [9.17, 15) is 4.79 Å². The van der Waals surface area contributed by atoms with Crippen molar-refractivity contribution in [1.29, 1.82) is 0 Å². The largest absolute Gasteiger partial charge is 0.342 e. The smallest absolute Gasteiger partial charge is 0.225 e. The van der Waals surface area contributed by atoms with Gasteiger partial charge in [-0.1, -0.05) is 26.7 Å². The molecule has 0 aromatic carbocycles. The fraction of sp³-hybridized carbons (Fsp3) is 0.909. The number of carbonyl (C=O) groups excluding carboxylic acids is 1. The normalized spacial score (nSPS) is 22.8. The van der Waals surface area contributed by atoms with Gasteiger partial charge in [-0.05, 0) is 19.3 Å². The molecule has 1 aliphatic heterocycles. The number of hydrogen-bond acceptors (Lipinski definition) is 1. The first-order chi connectivity index (χ1) is 6.29. The van der Waals surface area contributed by atoms with Crippen molar-refractivity contribution >= 4 is 5.91 Å². The Morgan fingerprint density at radius 1 is 1.38 bits per heavy atom. The van der Waals surface area contributed by atoms with Crippen LogP contribution >= 0.6 is 0 Å². The predicted molar refractivity (Wildman–Crippen MR) is 54.5 cm³/mol. The van der Waals surface area contributed by atoms with Crippen LogP contribution in [0.1, 0.15) is 46.0 Å². The quantitative estimate of drug-likeness (QED) is 0.641. The first kappa shape index (κ1) is 10.6. The minimum atomic E-state index is 0.353. The molecule has 1 heterocycles. The highest BCUT2D eigenvalue weighted by atomic mass is 16.2. The summed E-state index contributed by atoms with van der Waals surface area (Å²) in [6.07, 6.45) is 5.70. The molecule has 0 saturated carbocycles. The molecular weight excluding hydrogens is 162 g/mol. The average molecular weight is 183 g/mol. The lowest BCUT2D eigenvalue weighted by Gasteiger charge is -2.15. The van der Waals surface area contributed by atoms with E-state index in [4.69, 9.17) is 0 Å². The minimum Gasteiger partial charge on any atom is -0.342 e. The lowest BCUT2D eigenvalue weighted by atomic mass is 10.0. The maximum absolute atomic E-state index is 11.7. The van der Waals surface area contributed by atoms with Gasteiger partial charge in [-0.15, -0.1) is 0 Å². The number of unbranched alkanes of at least 4 members (excludes halogenated alkanes) is 1. The van der Waals surface area contributed by atoms with Gasteiger partial charge in [-0.3, -0.25) is 4.79 Å². The first-order valence-corrected chi connectivity index (χ1v) is 5.58. The average Bonchev–Trinajstić information content (AvgIpc) is 2.46. The van der Waals surface area contributed by atoms with Gasteiger partial charge in [0.2, 0.25) is 5.91 Å². The maximum atomic E-state index is 11.7. The summed E-state index contributed by atoms with van der Waals surface area (Å²) in [7, 11) is 0. The van der Waals surface area contributed by atoms with E-state index in [1.54, 1.807) is 0 Å². The van der Waals surface area contributed by atoms with E-state index in [0.29, 0.717) is 11.8 Å². The second-order valence-corrected chi connectivity index (χ2v) is 3.95. The molecular formula is C11H21NO. The molecule has 1 atom stereocenters. The number of carbonyl (C=O) groups is 1. The van der Waals surface area contributed by atoms with E-state index in [0.717, 1.165) is 32.4 Å². The molecule has 0 radical (unpaired) electrons. The Balaban J connectivity index is 2.32. The number of amides is 1. The third kappa shape index (κ3) is 2.71. The van der Waals surface area contributed by atoms with E-state index in [1.807, 2.05) is 4.90 Å². The molecule has 0 bridgehead atoms. The van der Waals surface area contributed by atoms with Gasteiger partial charge >= 0.3 is 0 Å². The highest BCUT2D eigenvalue weighted by Crippen LogP contribution is 2.23. The van der Waals surface area contributed by atoms with E-state index >= 15 is 0 Å². The van der Waals surface area contributed by atoms with Crippen LogP contribution in [0.5, 0.6) is 0 Å². The van der Waals surface area contributed by atoms with Crippen molar-refractivity contribution in [3.05, 3.63) is 0 Å². The number of nitrogens with zero attached hydrogens (tertiary/aromatic N) is 1. The zero-order valence-corrected chi connectivity index (χ0v) is 8.88. The number of likely N-dealkylation sites (tertiary alicyclic amines) is 1. The molecule has 1 amide bonds. The Morgan fingerprint density at radius 3 is 2.77 bits per heavy atom. The minimum absolute atomic E-state index is 0.353. The topological polar surface area (TPSA) is 20.3 Å². The van der Waals surface area contributed by atoms with E-state index in [1.165, 1.54) is 12.8 Å². The Morgan fingerprint density at radius 2 is 2.15 bits per heavy atom. The van der Waals surface area contributed by atoms with Crippen molar-refractivity contribution in [2.24, 2.45) is 5.92 Å². The molecule has 2 heteroatoms. The number of hydrogen-bond donors (Lipinski definition) is 0. The molecule has 0 spiro atoms. The molecule has 0 aromatic heterocycles. The maximum Gasteiger partial charge on any atom is 0.225 e. The van der Waals surface area contributed by atoms with Gasteiger partial charge in [0.25, 0.3) is 0 Å². The lowest BCUT2D eigenvalue weighted by molar-refractivity contribution is -0.131. The monoisotopic (exact) mass is 183 g/mol. The third-order valence-corrected chi connectivity index (χ3v) is 2.81. The van der Waals surface area contributed by atoms with Crippen LogP contribution < -0.4 is 0 Å². The second-order valence-electron chi connectivity index (χ2n) is 3.95. The van der Waals surface area contributed by atoms with Gasteiger partial charge in [-0.2, -0.15) is 0 Å². The molecule has 1 fully saturated rings. The number of rotatable bonds is 5. The van der Waals surface area contributed by atoms with Crippen LogP contribution in [-0.2, 0) is 4.79 Å². The van der Waals surface area contributed by atoms with Gasteiger partial charge in [0.1, 0.15) is 0 Å². The van der Waals surface area contributed by atoms with Crippen molar-refractivity contribution in [2.75, 3.05) is 13.1 Å². The molecule has 1 aliphatic rings. The van der Waals surface area contributed by atoms with Crippen LogP contribution in [0.15, 0.2) is 0 Å². The van der Waals surface area contributed by atoms with Crippen LogP contribution in [-0.4, -0.2) is 23.9 Å². The molecule has 2 nitrogen and oxygen atoms in total. The second kappa shape index (κ2) is 5.25. The van der Waals surface area contributed by atoms with Crippen LogP contribution in [0.2, 0.25) is 0 Å². The highest BCUT2D eigenvalue weighted by Gasteiger charge is 2.29. The summed E-state index contributed by atoms with van der Waals surface area (Å²) in [4.78, 5) is 13.8. The third-order valence-electron chi connectivity index (χ3n) is 2.81. The van der Waals surface area contributed by atoms with Gasteiger partial charge in [0.15, 0.2) is 0 Å². The van der Waals surface area contributed by atoms with E-state index in [2.05, 4.69) is 13.8 Å². The highest BCUT2D eigenvalue weighted by molar-refractivity contribution is 5.80. The van der Waals surface area contributed by atoms with Crippen LogP contribution in [0, 0.1) is 5.92 Å². The first-order valence-electron chi connectivity index (χ1n) is 5.58. The SMILES string of the molecule is CCCCC1CCN(CCC)C1=O. The summed E-state index contributed by atoms with van der Waals surface area (Å²) in [5, 5.41) is 0. The van der Waals surface area contributed by atoms with Crippen molar-refractivity contribution in [3.63, 3.8) is 0 Å². The van der Waals surface area contributed by atoms with E-state index in [-0.39, 0.29) is 0 Å². The van der Waals surface area contributed by atoms with Crippen LogP contribution in [0.4, 0.5) is 0 Å². The predicted octanol–water partition coefficient (Wildman–Crippen LogP) is 2.44. The van der Waals surface area contributed by atoms with Crippen molar-refractivity contribution in [2.45, 2.75) is 46.0 Å². The van der Waals surface area contributed by atoms with Gasteiger partial charge < -0.3 is 4.90 Å². The standard InChI is InChI=1S/C11H21NO/c1-3-5-6-10-7-9-12(8-4-2)11(10)13/h10H,3-9H2,1-2H3.